The van der Waals surface area contributed by atoms with E-state index in [-0.39, 0.29) is 25.2 Å². The summed E-state index contributed by atoms with van der Waals surface area (Å²) in [4.78, 5) is 25.6. The zero-order chi connectivity index (χ0) is 53.4. The fourth-order valence-electron chi connectivity index (χ4n) is 7.65. The maximum Gasteiger partial charge on any atom is 0.306 e. The van der Waals surface area contributed by atoms with E-state index in [9.17, 15) is 9.59 Å². The monoisotopic (exact) mass is 1020 g/mol. The van der Waals surface area contributed by atoms with Crippen LogP contribution in [0.1, 0.15) is 239 Å². The Labute approximate surface area is 456 Å². The molecule has 0 N–H and O–H groups in total. The van der Waals surface area contributed by atoms with E-state index < -0.39 is 6.10 Å². The lowest BCUT2D eigenvalue weighted by Gasteiger charge is -2.18. The largest absolute Gasteiger partial charge is 0.462 e. The van der Waals surface area contributed by atoms with Crippen LogP contribution in [0, 0.1) is 0 Å². The molecule has 0 spiro atoms. The van der Waals surface area contributed by atoms with Crippen LogP contribution in [0.4, 0.5) is 0 Å². The Hall–Kier alpha value is -4.48. The highest BCUT2D eigenvalue weighted by Crippen LogP contribution is 2.13. The summed E-state index contributed by atoms with van der Waals surface area (Å²) in [6.07, 6.45) is 92.8. The third-order valence-corrected chi connectivity index (χ3v) is 12.0. The molecule has 0 radical (unpaired) electrons. The minimum absolute atomic E-state index is 0.0241. The SMILES string of the molecule is CC/C=C\C/C=C\C/C=C\C/C=C\C/C=C\C/C=C\CCC(=O)OCC(COCCCCCCCCC/C=C\C/C=C\C/C=C\CCCCC)OC(=O)CCCCCCCC/C=C\C/C=C\C/C=C\C/C=C\CC. The van der Waals surface area contributed by atoms with Crippen molar-refractivity contribution in [3.8, 4) is 0 Å². The molecule has 0 aromatic heterocycles. The molecule has 1 atom stereocenters. The van der Waals surface area contributed by atoms with Crippen LogP contribution in [0.3, 0.4) is 0 Å². The van der Waals surface area contributed by atoms with Crippen molar-refractivity contribution in [2.45, 2.75) is 245 Å². The van der Waals surface area contributed by atoms with Crippen LogP contribution in [0.25, 0.3) is 0 Å². The molecule has 0 aliphatic carbocycles. The smallest absolute Gasteiger partial charge is 0.306 e. The Kier molecular flexibility index (Phi) is 59.0. The van der Waals surface area contributed by atoms with E-state index >= 15 is 0 Å². The van der Waals surface area contributed by atoms with Gasteiger partial charge in [0.15, 0.2) is 6.10 Å². The van der Waals surface area contributed by atoms with Gasteiger partial charge >= 0.3 is 11.9 Å². The molecular weight excluding hydrogens is 909 g/mol. The predicted molar refractivity (Wildman–Crippen MR) is 324 cm³/mol. The highest BCUT2D eigenvalue weighted by molar-refractivity contribution is 5.70. The highest BCUT2D eigenvalue weighted by Gasteiger charge is 2.17. The van der Waals surface area contributed by atoms with Gasteiger partial charge in [-0.15, -0.1) is 0 Å². The average Bonchev–Trinajstić information content (AvgIpc) is 3.40. The molecule has 0 aromatic carbocycles. The van der Waals surface area contributed by atoms with Crippen LogP contribution >= 0.6 is 0 Å². The quantitative estimate of drug-likeness (QED) is 0.0345. The van der Waals surface area contributed by atoms with Gasteiger partial charge in [0.05, 0.1) is 6.61 Å². The maximum atomic E-state index is 12.9. The lowest BCUT2D eigenvalue weighted by molar-refractivity contribution is -0.162. The van der Waals surface area contributed by atoms with Gasteiger partial charge in [-0.1, -0.05) is 249 Å². The topological polar surface area (TPSA) is 61.8 Å². The minimum Gasteiger partial charge on any atom is -0.462 e. The van der Waals surface area contributed by atoms with Gasteiger partial charge < -0.3 is 14.2 Å². The fraction of sp³-hybridized carbons (Fsp3) is 0.594. The normalized spacial score (nSPS) is 13.4. The number of esters is 2. The molecule has 0 amide bonds. The molecule has 0 saturated carbocycles. The van der Waals surface area contributed by atoms with Crippen molar-refractivity contribution in [1.29, 1.82) is 0 Å². The number of ether oxygens (including phenoxy) is 3. The second-order valence-corrected chi connectivity index (χ2v) is 19.1. The number of allylic oxidation sites excluding steroid dienone is 26. The second-order valence-electron chi connectivity index (χ2n) is 19.1. The van der Waals surface area contributed by atoms with Crippen LogP contribution in [-0.2, 0) is 23.8 Å². The molecule has 1 unspecified atom stereocenters. The van der Waals surface area contributed by atoms with E-state index in [1.54, 1.807) is 0 Å². The summed E-state index contributed by atoms with van der Waals surface area (Å²) < 4.78 is 17.4. The van der Waals surface area contributed by atoms with E-state index in [1.807, 2.05) is 6.08 Å². The van der Waals surface area contributed by atoms with Gasteiger partial charge in [-0.2, -0.15) is 0 Å². The Morgan fingerprint density at radius 2 is 0.635 bits per heavy atom. The van der Waals surface area contributed by atoms with Gasteiger partial charge in [0, 0.05) is 19.4 Å². The standard InChI is InChI=1S/C69H110O5/c1-4-7-10-13-16-19-22-25-28-31-34-37-40-43-46-49-52-55-58-61-64-72-65-67(74-69(71)63-60-57-54-51-48-45-42-39-36-33-30-27-24-21-18-15-12-9-6-3)66-73-68(70)62-59-56-53-50-47-44-41-38-35-32-29-26-23-20-17-14-11-8-5-2/h8-9,11-12,16-21,25-30,34-39,44,47,53,56,67H,4-7,10,13-15,22-24,31-33,40-43,45-46,48-52,54-55,57-66H2,1-3H3/b11-8-,12-9-,19-16-,20-17-,21-18-,28-25-,29-26-,30-27-,37-34-,38-35-,39-36-,47-44-,56-53-. The van der Waals surface area contributed by atoms with Gasteiger partial charge in [-0.25, -0.2) is 0 Å². The van der Waals surface area contributed by atoms with Crippen molar-refractivity contribution in [3.63, 3.8) is 0 Å². The maximum absolute atomic E-state index is 12.9. The molecule has 416 valence electrons. The molecule has 74 heavy (non-hydrogen) atoms. The number of hydrogen-bond acceptors (Lipinski definition) is 5. The first kappa shape index (κ1) is 69.5. The third kappa shape index (κ3) is 60.1. The van der Waals surface area contributed by atoms with Crippen molar-refractivity contribution in [3.05, 3.63) is 158 Å². The molecule has 0 heterocycles. The molecule has 0 rings (SSSR count). The van der Waals surface area contributed by atoms with Gasteiger partial charge in [0.25, 0.3) is 0 Å². The second kappa shape index (κ2) is 62.8. The van der Waals surface area contributed by atoms with Crippen LogP contribution in [0.2, 0.25) is 0 Å². The number of carbonyl (C=O) groups is 2. The first-order valence-electron chi connectivity index (χ1n) is 30.0. The molecule has 5 heteroatoms. The van der Waals surface area contributed by atoms with Gasteiger partial charge in [-0.05, 0) is 135 Å². The Balaban J connectivity index is 4.48. The molecule has 0 saturated heterocycles. The molecular formula is C69H110O5. The van der Waals surface area contributed by atoms with Gasteiger partial charge in [0.1, 0.15) is 6.61 Å². The summed E-state index contributed by atoms with van der Waals surface area (Å²) in [5, 5.41) is 0. The summed E-state index contributed by atoms with van der Waals surface area (Å²) in [6.45, 7) is 7.45. The Bertz CT molecular complexity index is 1620. The predicted octanol–water partition coefficient (Wildman–Crippen LogP) is 21.0. The Morgan fingerprint density at radius 1 is 0.311 bits per heavy atom. The molecule has 0 aliphatic rings. The van der Waals surface area contributed by atoms with Crippen LogP contribution in [0.15, 0.2) is 158 Å². The van der Waals surface area contributed by atoms with Crippen molar-refractivity contribution in [2.75, 3.05) is 19.8 Å². The number of unbranched alkanes of at least 4 members (excludes halogenated alkanes) is 16. The van der Waals surface area contributed by atoms with E-state index in [0.717, 1.165) is 122 Å². The van der Waals surface area contributed by atoms with Crippen molar-refractivity contribution < 1.29 is 23.8 Å². The molecule has 0 aliphatic heterocycles. The van der Waals surface area contributed by atoms with E-state index in [2.05, 4.69) is 173 Å². The van der Waals surface area contributed by atoms with E-state index in [0.29, 0.717) is 25.9 Å². The lowest BCUT2D eigenvalue weighted by atomic mass is 10.1. The van der Waals surface area contributed by atoms with Crippen LogP contribution in [-0.4, -0.2) is 37.9 Å². The van der Waals surface area contributed by atoms with E-state index in [4.69, 9.17) is 14.2 Å². The molecule has 0 fully saturated rings. The Morgan fingerprint density at radius 3 is 1.03 bits per heavy atom. The van der Waals surface area contributed by atoms with Crippen molar-refractivity contribution in [2.24, 2.45) is 0 Å². The van der Waals surface area contributed by atoms with Crippen molar-refractivity contribution >= 4 is 11.9 Å². The summed E-state index contributed by atoms with van der Waals surface area (Å²) in [5.74, 6) is -0.525. The van der Waals surface area contributed by atoms with Gasteiger partial charge in [0.2, 0.25) is 0 Å². The van der Waals surface area contributed by atoms with E-state index in [1.165, 1.54) is 77.0 Å². The zero-order valence-corrected chi connectivity index (χ0v) is 47.8. The number of hydrogen-bond donors (Lipinski definition) is 0. The summed E-state index contributed by atoms with van der Waals surface area (Å²) in [7, 11) is 0. The summed E-state index contributed by atoms with van der Waals surface area (Å²) in [5.41, 5.74) is 0. The number of rotatable bonds is 53. The number of carbonyl (C=O) groups excluding carboxylic acids is 2. The first-order chi connectivity index (χ1) is 36.6. The lowest BCUT2D eigenvalue weighted by Crippen LogP contribution is -2.30. The average molecular weight is 1020 g/mol. The minimum atomic E-state index is -0.594. The molecule has 5 nitrogen and oxygen atoms in total. The highest BCUT2D eigenvalue weighted by atomic mass is 16.6. The molecule has 0 bridgehead atoms. The first-order valence-corrected chi connectivity index (χ1v) is 30.0. The van der Waals surface area contributed by atoms with Crippen LogP contribution in [0.5, 0.6) is 0 Å². The summed E-state index contributed by atoms with van der Waals surface area (Å²) in [6, 6.07) is 0. The fourth-order valence-corrected chi connectivity index (χ4v) is 7.65. The molecule has 0 aromatic rings. The van der Waals surface area contributed by atoms with Crippen LogP contribution < -0.4 is 0 Å². The third-order valence-electron chi connectivity index (χ3n) is 12.0. The zero-order valence-electron chi connectivity index (χ0n) is 47.8. The van der Waals surface area contributed by atoms with Crippen molar-refractivity contribution in [1.82, 2.24) is 0 Å². The van der Waals surface area contributed by atoms with Gasteiger partial charge in [-0.3, -0.25) is 9.59 Å². The summed E-state index contributed by atoms with van der Waals surface area (Å²) >= 11 is 0.